The number of hydrogen-bond donors (Lipinski definition) is 1. The van der Waals surface area contributed by atoms with Crippen LogP contribution in [-0.4, -0.2) is 27.1 Å². The van der Waals surface area contributed by atoms with Gasteiger partial charge in [-0.05, 0) is 39.9 Å². The summed E-state index contributed by atoms with van der Waals surface area (Å²) in [5, 5.41) is 6.76. The van der Waals surface area contributed by atoms with Crippen LogP contribution in [0.5, 0.6) is 0 Å². The minimum Gasteiger partial charge on any atom is -0.344 e. The van der Waals surface area contributed by atoms with E-state index in [0.717, 1.165) is 40.1 Å². The van der Waals surface area contributed by atoms with Crippen LogP contribution in [0.1, 0.15) is 64.3 Å². The summed E-state index contributed by atoms with van der Waals surface area (Å²) in [6, 6.07) is -0.135. The first-order valence-corrected chi connectivity index (χ1v) is 9.75. The van der Waals surface area contributed by atoms with E-state index in [4.69, 9.17) is 0 Å². The van der Waals surface area contributed by atoms with Crippen molar-refractivity contribution >= 4 is 29.0 Å². The lowest BCUT2D eigenvalue weighted by Gasteiger charge is -2.15. The Kier molecular flexibility index (Phi) is 4.68. The number of nitrogens with one attached hydrogen (secondary N) is 1. The van der Waals surface area contributed by atoms with Crippen LogP contribution in [0, 0.1) is 13.8 Å². The normalized spacial score (nSPS) is 15.5. The van der Waals surface area contributed by atoms with Crippen molar-refractivity contribution in [3.05, 3.63) is 33.2 Å². The molecule has 3 rings (SSSR count). The van der Waals surface area contributed by atoms with Crippen LogP contribution in [0.15, 0.2) is 10.4 Å². The smallest absolute Gasteiger partial charge is 0.256 e. The summed E-state index contributed by atoms with van der Waals surface area (Å²) in [6.45, 7) is 5.79. The van der Waals surface area contributed by atoms with Crippen molar-refractivity contribution in [3.8, 4) is 0 Å². The SMILES string of the molecule is CSc1nc(C2CC2)nc(C)c1C(=O)N[C@@H](C)c1csc(C)n1. The van der Waals surface area contributed by atoms with Crippen molar-refractivity contribution in [2.45, 2.75) is 50.6 Å². The third kappa shape index (κ3) is 3.55. The van der Waals surface area contributed by atoms with Gasteiger partial charge in [-0.15, -0.1) is 23.1 Å². The largest absolute Gasteiger partial charge is 0.344 e. The maximum Gasteiger partial charge on any atom is 0.256 e. The lowest BCUT2D eigenvalue weighted by Crippen LogP contribution is -2.29. The van der Waals surface area contributed by atoms with Crippen LogP contribution < -0.4 is 5.32 Å². The molecule has 2 heterocycles. The van der Waals surface area contributed by atoms with Crippen LogP contribution in [0.2, 0.25) is 0 Å². The maximum atomic E-state index is 12.7. The highest BCUT2D eigenvalue weighted by atomic mass is 32.2. The molecule has 23 heavy (non-hydrogen) atoms. The van der Waals surface area contributed by atoms with Crippen molar-refractivity contribution in [1.29, 1.82) is 0 Å². The summed E-state index contributed by atoms with van der Waals surface area (Å²) >= 11 is 3.09. The van der Waals surface area contributed by atoms with Gasteiger partial charge in [0.25, 0.3) is 5.91 Å². The molecule has 1 aliphatic carbocycles. The van der Waals surface area contributed by atoms with Gasteiger partial charge in [0.1, 0.15) is 10.9 Å². The fraction of sp³-hybridized carbons (Fsp3) is 0.500. The molecular formula is C16H20N4OS2. The molecule has 0 radical (unpaired) electrons. The van der Waals surface area contributed by atoms with Gasteiger partial charge in [0.15, 0.2) is 0 Å². The summed E-state index contributed by atoms with van der Waals surface area (Å²) in [4.78, 5) is 26.3. The third-order valence-electron chi connectivity index (χ3n) is 3.86. The first-order chi connectivity index (χ1) is 11.0. The minimum atomic E-state index is -0.135. The Morgan fingerprint density at radius 1 is 1.35 bits per heavy atom. The molecule has 122 valence electrons. The highest BCUT2D eigenvalue weighted by Gasteiger charge is 2.29. The van der Waals surface area contributed by atoms with E-state index < -0.39 is 0 Å². The second-order valence-electron chi connectivity index (χ2n) is 5.81. The zero-order chi connectivity index (χ0) is 16.6. The van der Waals surface area contributed by atoms with E-state index in [1.165, 1.54) is 11.8 Å². The zero-order valence-electron chi connectivity index (χ0n) is 13.7. The summed E-state index contributed by atoms with van der Waals surface area (Å²) in [5.41, 5.74) is 2.23. The number of aromatic nitrogens is 3. The van der Waals surface area contributed by atoms with E-state index >= 15 is 0 Å². The number of amides is 1. The van der Waals surface area contributed by atoms with Gasteiger partial charge in [-0.2, -0.15) is 0 Å². The highest BCUT2D eigenvalue weighted by molar-refractivity contribution is 7.98. The quantitative estimate of drug-likeness (QED) is 0.660. The average molecular weight is 348 g/mol. The topological polar surface area (TPSA) is 67.8 Å². The summed E-state index contributed by atoms with van der Waals surface area (Å²) < 4.78 is 0. The fourth-order valence-electron chi connectivity index (χ4n) is 2.42. The predicted octanol–water partition coefficient (Wildman–Crippen LogP) is 3.64. The Hall–Kier alpha value is -1.47. The molecule has 7 heteroatoms. The maximum absolute atomic E-state index is 12.7. The van der Waals surface area contributed by atoms with E-state index in [0.29, 0.717) is 11.5 Å². The van der Waals surface area contributed by atoms with E-state index in [1.54, 1.807) is 11.3 Å². The Morgan fingerprint density at radius 3 is 2.65 bits per heavy atom. The molecule has 2 aromatic rings. The number of rotatable bonds is 5. The van der Waals surface area contributed by atoms with Crippen LogP contribution in [0.25, 0.3) is 0 Å². The van der Waals surface area contributed by atoms with Crippen molar-refractivity contribution in [3.63, 3.8) is 0 Å². The molecule has 2 aromatic heterocycles. The van der Waals surface area contributed by atoms with Crippen molar-refractivity contribution in [2.75, 3.05) is 6.26 Å². The molecule has 0 unspecified atom stereocenters. The Bertz CT molecular complexity index is 740. The molecule has 0 aliphatic heterocycles. The van der Waals surface area contributed by atoms with Crippen molar-refractivity contribution in [1.82, 2.24) is 20.3 Å². The van der Waals surface area contributed by atoms with E-state index in [-0.39, 0.29) is 11.9 Å². The Morgan fingerprint density at radius 2 is 2.09 bits per heavy atom. The average Bonchev–Trinajstić information content (AvgIpc) is 3.27. The first kappa shape index (κ1) is 16.4. The Labute approximate surface area is 144 Å². The molecule has 0 spiro atoms. The van der Waals surface area contributed by atoms with E-state index in [2.05, 4.69) is 20.3 Å². The molecular weight excluding hydrogens is 328 g/mol. The summed E-state index contributed by atoms with van der Waals surface area (Å²) in [6.07, 6.45) is 4.25. The molecule has 1 saturated carbocycles. The number of nitrogens with zero attached hydrogens (tertiary/aromatic N) is 3. The fourth-order valence-corrected chi connectivity index (χ4v) is 3.76. The van der Waals surface area contributed by atoms with Gasteiger partial charge in [-0.25, -0.2) is 15.0 Å². The zero-order valence-corrected chi connectivity index (χ0v) is 15.3. The van der Waals surface area contributed by atoms with Gasteiger partial charge in [-0.3, -0.25) is 4.79 Å². The second-order valence-corrected chi connectivity index (χ2v) is 7.67. The van der Waals surface area contributed by atoms with Gasteiger partial charge < -0.3 is 5.32 Å². The molecule has 0 bridgehead atoms. The first-order valence-electron chi connectivity index (χ1n) is 7.65. The molecule has 1 N–H and O–H groups in total. The van der Waals surface area contributed by atoms with Gasteiger partial charge in [-0.1, -0.05) is 0 Å². The third-order valence-corrected chi connectivity index (χ3v) is 5.34. The van der Waals surface area contributed by atoms with Crippen LogP contribution >= 0.6 is 23.1 Å². The van der Waals surface area contributed by atoms with Crippen LogP contribution in [-0.2, 0) is 0 Å². The van der Waals surface area contributed by atoms with Gasteiger partial charge in [0.05, 0.1) is 28.0 Å². The summed E-state index contributed by atoms with van der Waals surface area (Å²) in [5.74, 6) is 1.23. The highest BCUT2D eigenvalue weighted by Crippen LogP contribution is 2.39. The number of aryl methyl sites for hydroxylation is 2. The molecule has 1 aliphatic rings. The standard InChI is InChI=1S/C16H20N4OS2/c1-8(12-7-23-10(3)19-12)18-15(21)13-9(2)17-14(11-5-6-11)20-16(13)22-4/h7-8,11H,5-6H2,1-4H3,(H,18,21)/t8-/m0/s1. The lowest BCUT2D eigenvalue weighted by atomic mass is 10.2. The number of thioether (sulfide) groups is 1. The van der Waals surface area contributed by atoms with Gasteiger partial charge >= 0.3 is 0 Å². The van der Waals surface area contributed by atoms with Gasteiger partial charge in [0.2, 0.25) is 0 Å². The lowest BCUT2D eigenvalue weighted by molar-refractivity contribution is 0.0934. The summed E-state index contributed by atoms with van der Waals surface area (Å²) in [7, 11) is 0. The number of hydrogen-bond acceptors (Lipinski definition) is 6. The Balaban J connectivity index is 1.83. The van der Waals surface area contributed by atoms with Gasteiger partial charge in [0, 0.05) is 11.3 Å². The van der Waals surface area contributed by atoms with E-state index in [9.17, 15) is 4.79 Å². The molecule has 1 atom stereocenters. The van der Waals surface area contributed by atoms with E-state index in [1.807, 2.05) is 32.4 Å². The monoisotopic (exact) mass is 348 g/mol. The molecule has 0 saturated heterocycles. The van der Waals surface area contributed by atoms with Crippen molar-refractivity contribution < 1.29 is 4.79 Å². The predicted molar refractivity (Wildman–Crippen MR) is 93.3 cm³/mol. The number of carbonyl (C=O) groups excluding carboxylic acids is 1. The van der Waals surface area contributed by atoms with Crippen molar-refractivity contribution in [2.24, 2.45) is 0 Å². The minimum absolute atomic E-state index is 0.132. The van der Waals surface area contributed by atoms with Crippen LogP contribution in [0.3, 0.4) is 0 Å². The van der Waals surface area contributed by atoms with Crippen LogP contribution in [0.4, 0.5) is 0 Å². The second kappa shape index (κ2) is 6.57. The molecule has 1 amide bonds. The molecule has 0 aromatic carbocycles. The molecule has 1 fully saturated rings. The molecule has 5 nitrogen and oxygen atoms in total. The number of thiazole rings is 1. The number of carbonyl (C=O) groups is 1.